The minimum atomic E-state index is -0.234. The van der Waals surface area contributed by atoms with E-state index in [-0.39, 0.29) is 11.2 Å². The fourth-order valence-corrected chi connectivity index (χ4v) is 3.13. The summed E-state index contributed by atoms with van der Waals surface area (Å²) in [7, 11) is 1.59. The highest BCUT2D eigenvalue weighted by molar-refractivity contribution is 5.79. The third-order valence-electron chi connectivity index (χ3n) is 4.72. The van der Waals surface area contributed by atoms with Crippen molar-refractivity contribution in [2.24, 2.45) is 0 Å². The van der Waals surface area contributed by atoms with Crippen LogP contribution in [-0.4, -0.2) is 13.7 Å². The minimum Gasteiger partial charge on any atom is -0.497 e. The van der Waals surface area contributed by atoms with Crippen molar-refractivity contribution in [2.45, 2.75) is 12.8 Å². The lowest BCUT2D eigenvalue weighted by Crippen LogP contribution is -2.05. The second-order valence-electron chi connectivity index (χ2n) is 6.80. The topological polar surface area (TPSA) is 57.9 Å². The van der Waals surface area contributed by atoms with Crippen molar-refractivity contribution in [1.29, 1.82) is 0 Å². The molecule has 0 aliphatic heterocycles. The summed E-state index contributed by atoms with van der Waals surface area (Å²) in [6.07, 6.45) is 3.18. The summed E-state index contributed by atoms with van der Waals surface area (Å²) in [6, 6.07) is 22.5. The first-order valence-corrected chi connectivity index (χ1v) is 9.77. The monoisotopic (exact) mass is 402 g/mol. The number of benzene rings is 3. The summed E-state index contributed by atoms with van der Waals surface area (Å²) in [5, 5.41) is 0.442. The quantitative estimate of drug-likeness (QED) is 0.359. The van der Waals surface area contributed by atoms with Gasteiger partial charge in [0.15, 0.2) is 0 Å². The number of methoxy groups -OCH3 is 1. The van der Waals surface area contributed by atoms with E-state index in [2.05, 4.69) is 12.1 Å². The van der Waals surface area contributed by atoms with Crippen LogP contribution in [0.2, 0.25) is 0 Å². The minimum absolute atomic E-state index is 0.129. The van der Waals surface area contributed by atoms with Gasteiger partial charge in [-0.05, 0) is 54.8 Å². The number of rotatable bonds is 8. The van der Waals surface area contributed by atoms with E-state index in [0.29, 0.717) is 34.8 Å². The smallest absolute Gasteiger partial charge is 0.235 e. The Hall–Kier alpha value is -3.73. The van der Waals surface area contributed by atoms with Gasteiger partial charge in [0, 0.05) is 6.07 Å². The lowest BCUT2D eigenvalue weighted by molar-refractivity contribution is 0.311. The Morgan fingerprint density at radius 3 is 2.37 bits per heavy atom. The highest BCUT2D eigenvalue weighted by Gasteiger charge is 2.10. The maximum atomic E-state index is 12.7. The third kappa shape index (κ3) is 4.63. The summed E-state index contributed by atoms with van der Waals surface area (Å²) < 4.78 is 22.2. The second kappa shape index (κ2) is 9.18. The summed E-state index contributed by atoms with van der Waals surface area (Å²) in [6.45, 7) is 0.587. The SMILES string of the molecule is COc1ccc(Oc2coc3cc(OCCCc4ccccc4)ccc3c2=O)cc1. The van der Waals surface area contributed by atoms with Gasteiger partial charge in [-0.15, -0.1) is 0 Å². The van der Waals surface area contributed by atoms with Crippen molar-refractivity contribution < 1.29 is 18.6 Å². The number of fused-ring (bicyclic) bond motifs is 1. The standard InChI is InChI=1S/C25H22O5/c1-27-19-9-11-20(12-10-19)30-24-17-29-23-16-21(13-14-22(23)25(24)26)28-15-5-8-18-6-3-2-4-7-18/h2-4,6-7,9-14,16-17H,5,8,15H2,1H3. The third-order valence-corrected chi connectivity index (χ3v) is 4.72. The molecule has 3 aromatic carbocycles. The Morgan fingerprint density at radius 2 is 1.60 bits per heavy atom. The predicted molar refractivity (Wildman–Crippen MR) is 116 cm³/mol. The number of hydrogen-bond donors (Lipinski definition) is 0. The van der Waals surface area contributed by atoms with Gasteiger partial charge in [-0.2, -0.15) is 0 Å². The molecule has 0 unspecified atom stereocenters. The lowest BCUT2D eigenvalue weighted by Gasteiger charge is -2.09. The van der Waals surface area contributed by atoms with Crippen molar-refractivity contribution in [3.8, 4) is 23.0 Å². The van der Waals surface area contributed by atoms with Crippen molar-refractivity contribution in [3.63, 3.8) is 0 Å². The maximum absolute atomic E-state index is 12.7. The van der Waals surface area contributed by atoms with Gasteiger partial charge in [0.2, 0.25) is 11.2 Å². The summed E-state index contributed by atoms with van der Waals surface area (Å²) >= 11 is 0. The molecular formula is C25H22O5. The molecule has 1 heterocycles. The van der Waals surface area contributed by atoms with E-state index in [4.69, 9.17) is 18.6 Å². The van der Waals surface area contributed by atoms with E-state index in [1.54, 1.807) is 49.6 Å². The van der Waals surface area contributed by atoms with Gasteiger partial charge in [-0.1, -0.05) is 30.3 Å². The molecule has 152 valence electrons. The van der Waals surface area contributed by atoms with E-state index in [0.717, 1.165) is 12.8 Å². The average molecular weight is 402 g/mol. The van der Waals surface area contributed by atoms with Crippen molar-refractivity contribution >= 4 is 11.0 Å². The summed E-state index contributed by atoms with van der Waals surface area (Å²) in [5.41, 5.74) is 1.51. The van der Waals surface area contributed by atoms with Crippen LogP contribution in [-0.2, 0) is 6.42 Å². The zero-order chi connectivity index (χ0) is 20.8. The highest BCUT2D eigenvalue weighted by atomic mass is 16.5. The molecule has 30 heavy (non-hydrogen) atoms. The summed E-state index contributed by atoms with van der Waals surface area (Å²) in [5.74, 6) is 2.04. The second-order valence-corrected chi connectivity index (χ2v) is 6.80. The zero-order valence-corrected chi connectivity index (χ0v) is 16.7. The van der Waals surface area contributed by atoms with Crippen molar-refractivity contribution in [1.82, 2.24) is 0 Å². The molecule has 0 radical (unpaired) electrons. The maximum Gasteiger partial charge on any atom is 0.235 e. The van der Waals surface area contributed by atoms with Crippen molar-refractivity contribution in [2.75, 3.05) is 13.7 Å². The molecule has 5 nitrogen and oxygen atoms in total. The molecule has 0 saturated heterocycles. The molecule has 0 spiro atoms. The Morgan fingerprint density at radius 1 is 0.867 bits per heavy atom. The van der Waals surface area contributed by atoms with E-state index < -0.39 is 0 Å². The molecule has 0 amide bonds. The molecule has 1 aromatic heterocycles. The Kier molecular flexibility index (Phi) is 5.99. The van der Waals surface area contributed by atoms with Crippen LogP contribution < -0.4 is 19.6 Å². The molecule has 0 bridgehead atoms. The van der Waals surface area contributed by atoms with E-state index in [1.807, 2.05) is 18.2 Å². The average Bonchev–Trinajstić information content (AvgIpc) is 2.80. The Balaban J connectivity index is 1.42. The van der Waals surface area contributed by atoms with Gasteiger partial charge in [0.05, 0.1) is 19.1 Å². The molecule has 0 aliphatic carbocycles. The largest absolute Gasteiger partial charge is 0.497 e. The van der Waals surface area contributed by atoms with Crippen LogP contribution in [0.4, 0.5) is 0 Å². The molecule has 5 heteroatoms. The van der Waals surface area contributed by atoms with Crippen LogP contribution in [0.25, 0.3) is 11.0 Å². The zero-order valence-electron chi connectivity index (χ0n) is 16.7. The molecule has 4 rings (SSSR count). The Labute approximate surface area is 174 Å². The van der Waals surface area contributed by atoms with Crippen LogP contribution >= 0.6 is 0 Å². The fraction of sp³-hybridized carbons (Fsp3) is 0.160. The van der Waals surface area contributed by atoms with Crippen LogP contribution in [0.3, 0.4) is 0 Å². The Bertz CT molecular complexity index is 1160. The van der Waals surface area contributed by atoms with E-state index in [1.165, 1.54) is 11.8 Å². The highest BCUT2D eigenvalue weighted by Crippen LogP contribution is 2.25. The van der Waals surface area contributed by atoms with E-state index >= 15 is 0 Å². The van der Waals surface area contributed by atoms with Gasteiger partial charge in [0.1, 0.15) is 29.1 Å². The first-order valence-electron chi connectivity index (χ1n) is 9.77. The van der Waals surface area contributed by atoms with Gasteiger partial charge in [0.25, 0.3) is 0 Å². The van der Waals surface area contributed by atoms with Gasteiger partial charge >= 0.3 is 0 Å². The molecule has 0 aliphatic rings. The molecular weight excluding hydrogens is 380 g/mol. The first-order chi connectivity index (χ1) is 14.7. The predicted octanol–water partition coefficient (Wildman–Crippen LogP) is 5.61. The molecule has 0 fully saturated rings. The summed E-state index contributed by atoms with van der Waals surface area (Å²) in [4.78, 5) is 12.7. The fourth-order valence-electron chi connectivity index (χ4n) is 3.13. The number of hydrogen-bond acceptors (Lipinski definition) is 5. The first kappa shape index (κ1) is 19.6. The molecule has 4 aromatic rings. The van der Waals surface area contributed by atoms with Crippen LogP contribution in [0.5, 0.6) is 23.0 Å². The lowest BCUT2D eigenvalue weighted by atomic mass is 10.1. The number of aryl methyl sites for hydroxylation is 1. The molecule has 0 atom stereocenters. The van der Waals surface area contributed by atoms with Gasteiger partial charge in [-0.3, -0.25) is 4.79 Å². The van der Waals surface area contributed by atoms with Gasteiger partial charge < -0.3 is 18.6 Å². The van der Waals surface area contributed by atoms with Crippen LogP contribution in [0.1, 0.15) is 12.0 Å². The molecule has 0 N–H and O–H groups in total. The number of ether oxygens (including phenoxy) is 3. The van der Waals surface area contributed by atoms with Gasteiger partial charge in [-0.25, -0.2) is 0 Å². The van der Waals surface area contributed by atoms with Crippen molar-refractivity contribution in [3.05, 3.63) is 94.8 Å². The normalized spacial score (nSPS) is 10.7. The van der Waals surface area contributed by atoms with Crippen LogP contribution in [0.15, 0.2) is 88.3 Å². The molecule has 0 saturated carbocycles. The van der Waals surface area contributed by atoms with E-state index in [9.17, 15) is 4.79 Å². The van der Waals surface area contributed by atoms with Crippen LogP contribution in [0, 0.1) is 0 Å².